The fraction of sp³-hybridized carbons (Fsp3) is 0.333. The zero-order chi connectivity index (χ0) is 16.8. The van der Waals surface area contributed by atoms with Gasteiger partial charge in [0.05, 0.1) is 5.56 Å². The van der Waals surface area contributed by atoms with E-state index in [0.29, 0.717) is 11.3 Å². The zero-order valence-corrected chi connectivity index (χ0v) is 16.4. The molecule has 1 aromatic carbocycles. The van der Waals surface area contributed by atoms with Crippen LogP contribution in [0.15, 0.2) is 36.5 Å². The van der Waals surface area contributed by atoms with Gasteiger partial charge in [-0.25, -0.2) is 4.98 Å². The highest BCUT2D eigenvalue weighted by Gasteiger charge is 2.10. The summed E-state index contributed by atoms with van der Waals surface area (Å²) in [7, 11) is 0. The molecule has 3 N–H and O–H groups in total. The van der Waals surface area contributed by atoms with Crippen molar-refractivity contribution in [2.75, 3.05) is 29.0 Å². The molecule has 0 spiro atoms. The monoisotopic (exact) mass is 384 g/mol. The van der Waals surface area contributed by atoms with Gasteiger partial charge in [-0.3, -0.25) is 4.79 Å². The average molecular weight is 385 g/mol. The van der Waals surface area contributed by atoms with E-state index in [4.69, 9.17) is 5.73 Å². The van der Waals surface area contributed by atoms with Gasteiger partial charge < -0.3 is 16.0 Å². The Bertz CT molecular complexity index is 677. The highest BCUT2D eigenvalue weighted by molar-refractivity contribution is 6.04. The molecule has 0 aliphatic carbocycles. The van der Waals surface area contributed by atoms with Crippen molar-refractivity contribution < 1.29 is 4.79 Å². The molecule has 0 aliphatic heterocycles. The van der Waals surface area contributed by atoms with Crippen molar-refractivity contribution in [3.63, 3.8) is 0 Å². The Morgan fingerprint density at radius 2 is 1.92 bits per heavy atom. The number of nitrogens with two attached hydrogens (primary N) is 1. The third-order valence-corrected chi connectivity index (χ3v) is 3.72. The third-order valence-electron chi connectivity index (χ3n) is 3.72. The van der Waals surface area contributed by atoms with Crippen molar-refractivity contribution in [3.05, 3.63) is 47.7 Å². The van der Waals surface area contributed by atoms with E-state index in [1.165, 1.54) is 0 Å². The van der Waals surface area contributed by atoms with Crippen LogP contribution < -0.4 is 16.0 Å². The molecule has 0 radical (unpaired) electrons. The lowest BCUT2D eigenvalue weighted by Crippen LogP contribution is -2.24. The van der Waals surface area contributed by atoms with Crippen LogP contribution in [0.4, 0.5) is 17.2 Å². The minimum atomic E-state index is -0.184. The maximum atomic E-state index is 12.3. The largest absolute Gasteiger partial charge is 0.399 e. The minimum Gasteiger partial charge on any atom is -0.399 e. The van der Waals surface area contributed by atoms with Gasteiger partial charge in [-0.1, -0.05) is 13.0 Å². The molecular formula is C18H26Cl2N4O. The fourth-order valence-electron chi connectivity index (χ4n) is 2.38. The van der Waals surface area contributed by atoms with E-state index in [9.17, 15) is 4.79 Å². The summed E-state index contributed by atoms with van der Waals surface area (Å²) in [5, 5.41) is 2.88. The topological polar surface area (TPSA) is 71.2 Å². The van der Waals surface area contributed by atoms with Gasteiger partial charge in [-0.2, -0.15) is 0 Å². The van der Waals surface area contributed by atoms with Gasteiger partial charge in [0.15, 0.2) is 0 Å². The molecule has 1 amide bonds. The maximum Gasteiger partial charge on any atom is 0.257 e. The van der Waals surface area contributed by atoms with Gasteiger partial charge >= 0.3 is 0 Å². The van der Waals surface area contributed by atoms with Crippen LogP contribution in [-0.2, 0) is 0 Å². The van der Waals surface area contributed by atoms with E-state index in [2.05, 4.69) is 29.0 Å². The number of halogens is 2. The number of hydrogen-bond donors (Lipinski definition) is 2. The molecule has 2 aromatic rings. The number of rotatable bonds is 6. The van der Waals surface area contributed by atoms with Crippen molar-refractivity contribution >= 4 is 47.9 Å². The van der Waals surface area contributed by atoms with Crippen molar-refractivity contribution in [2.24, 2.45) is 0 Å². The summed E-state index contributed by atoms with van der Waals surface area (Å²) < 4.78 is 0. The second-order valence-electron chi connectivity index (χ2n) is 5.51. The number of nitrogen functional groups attached to an aromatic ring is 1. The van der Waals surface area contributed by atoms with Crippen molar-refractivity contribution in [3.8, 4) is 0 Å². The van der Waals surface area contributed by atoms with E-state index in [1.807, 2.05) is 25.1 Å². The molecule has 2 rings (SSSR count). The van der Waals surface area contributed by atoms with Crippen molar-refractivity contribution in [1.29, 1.82) is 0 Å². The number of pyridine rings is 1. The van der Waals surface area contributed by atoms with Crippen LogP contribution in [0.1, 0.15) is 36.2 Å². The number of amides is 1. The van der Waals surface area contributed by atoms with Crippen LogP contribution in [0.2, 0.25) is 0 Å². The summed E-state index contributed by atoms with van der Waals surface area (Å²) in [5.74, 6) is 0.710. The Labute approximate surface area is 161 Å². The highest BCUT2D eigenvalue weighted by Crippen LogP contribution is 2.19. The molecular weight excluding hydrogens is 359 g/mol. The quantitative estimate of drug-likeness (QED) is 0.727. The molecule has 7 heteroatoms. The fourth-order valence-corrected chi connectivity index (χ4v) is 2.38. The van der Waals surface area contributed by atoms with Gasteiger partial charge in [-0.05, 0) is 50.1 Å². The number of hydrogen-bond acceptors (Lipinski definition) is 4. The Balaban J connectivity index is 0.00000288. The number of nitrogens with one attached hydrogen (secondary N) is 1. The van der Waals surface area contributed by atoms with Gasteiger partial charge in [0.2, 0.25) is 0 Å². The number of nitrogens with zero attached hydrogens (tertiary/aromatic N) is 2. The normalized spacial score (nSPS) is 9.56. The molecule has 0 saturated carbocycles. The Morgan fingerprint density at radius 1 is 1.20 bits per heavy atom. The lowest BCUT2D eigenvalue weighted by atomic mass is 10.1. The van der Waals surface area contributed by atoms with E-state index >= 15 is 0 Å². The van der Waals surface area contributed by atoms with Gasteiger partial charge in [0.1, 0.15) is 5.82 Å². The SMILES string of the molecule is CCCN(CC)c1ccc(C(=O)Nc2cc(N)ccc2C)cn1.Cl.Cl. The molecule has 25 heavy (non-hydrogen) atoms. The first kappa shape index (κ1) is 23.0. The molecule has 138 valence electrons. The van der Waals surface area contributed by atoms with Crippen LogP contribution in [0.25, 0.3) is 0 Å². The summed E-state index contributed by atoms with van der Waals surface area (Å²) in [6.45, 7) is 8.02. The molecule has 0 bridgehead atoms. The molecule has 0 unspecified atom stereocenters. The van der Waals surface area contributed by atoms with E-state index in [-0.39, 0.29) is 30.7 Å². The van der Waals surface area contributed by atoms with Gasteiger partial charge in [0, 0.05) is 30.7 Å². The van der Waals surface area contributed by atoms with Crippen LogP contribution in [0.5, 0.6) is 0 Å². The Morgan fingerprint density at radius 3 is 2.48 bits per heavy atom. The Kier molecular flexibility index (Phi) is 9.94. The standard InChI is InChI=1S/C18H24N4O.2ClH/c1-4-10-22(5-2)17-9-7-14(12-20-17)18(23)21-16-11-15(19)8-6-13(16)3;;/h6-9,11-12H,4-5,10,19H2,1-3H3,(H,21,23);2*1H. The second kappa shape index (κ2) is 10.8. The van der Waals surface area contributed by atoms with Gasteiger partial charge in [0.25, 0.3) is 5.91 Å². The smallest absolute Gasteiger partial charge is 0.257 e. The molecule has 0 fully saturated rings. The number of anilines is 3. The van der Waals surface area contributed by atoms with E-state index < -0.39 is 0 Å². The zero-order valence-electron chi connectivity index (χ0n) is 14.8. The molecule has 5 nitrogen and oxygen atoms in total. The summed E-state index contributed by atoms with van der Waals surface area (Å²) in [5.41, 5.74) is 8.62. The first-order chi connectivity index (χ1) is 11.0. The van der Waals surface area contributed by atoms with E-state index in [1.54, 1.807) is 18.3 Å². The maximum absolute atomic E-state index is 12.3. The summed E-state index contributed by atoms with van der Waals surface area (Å²) >= 11 is 0. The summed E-state index contributed by atoms with van der Waals surface area (Å²) in [6.07, 6.45) is 2.68. The molecule has 1 heterocycles. The molecule has 1 aromatic heterocycles. The number of carbonyl (C=O) groups is 1. The average Bonchev–Trinajstić information content (AvgIpc) is 2.56. The highest BCUT2D eigenvalue weighted by atomic mass is 35.5. The van der Waals surface area contributed by atoms with Crippen LogP contribution >= 0.6 is 24.8 Å². The predicted molar refractivity (Wildman–Crippen MR) is 110 cm³/mol. The summed E-state index contributed by atoms with van der Waals surface area (Å²) in [4.78, 5) is 18.9. The summed E-state index contributed by atoms with van der Waals surface area (Å²) in [6, 6.07) is 9.15. The lowest BCUT2D eigenvalue weighted by Gasteiger charge is -2.21. The number of benzene rings is 1. The Hall–Kier alpha value is -1.98. The number of aromatic nitrogens is 1. The van der Waals surface area contributed by atoms with Gasteiger partial charge in [-0.15, -0.1) is 24.8 Å². The lowest BCUT2D eigenvalue weighted by molar-refractivity contribution is 0.102. The van der Waals surface area contributed by atoms with E-state index in [0.717, 1.165) is 36.6 Å². The number of carbonyl (C=O) groups excluding carboxylic acids is 1. The van der Waals surface area contributed by atoms with Crippen LogP contribution in [-0.4, -0.2) is 24.0 Å². The molecule has 0 atom stereocenters. The van der Waals surface area contributed by atoms with Crippen LogP contribution in [0.3, 0.4) is 0 Å². The van der Waals surface area contributed by atoms with Crippen LogP contribution in [0, 0.1) is 6.92 Å². The first-order valence-electron chi connectivity index (χ1n) is 7.93. The molecule has 0 saturated heterocycles. The minimum absolute atomic E-state index is 0. The third kappa shape index (κ3) is 6.11. The van der Waals surface area contributed by atoms with Crippen molar-refractivity contribution in [1.82, 2.24) is 4.98 Å². The predicted octanol–water partition coefficient (Wildman–Crippen LogP) is 4.30. The van der Waals surface area contributed by atoms with Crippen molar-refractivity contribution in [2.45, 2.75) is 27.2 Å². The second-order valence-corrected chi connectivity index (χ2v) is 5.51. The first-order valence-corrected chi connectivity index (χ1v) is 7.93. The number of aryl methyl sites for hydroxylation is 1. The molecule has 0 aliphatic rings.